The van der Waals surface area contributed by atoms with Crippen LogP contribution in [-0.4, -0.2) is 37.2 Å². The molecule has 0 radical (unpaired) electrons. The SMILES string of the molecule is CCCCCC/C=C\C/C=C\CCCCCCCC(=O)OC(COC(=O)CCCCCCCCCCCCCCCCC)COC(=O)CCCCCCCCCCCCCCCCCCCCCCCCCCCCCC. The van der Waals surface area contributed by atoms with E-state index in [1.54, 1.807) is 0 Å². The van der Waals surface area contributed by atoms with E-state index in [0.29, 0.717) is 19.3 Å². The summed E-state index contributed by atoms with van der Waals surface area (Å²) in [5.41, 5.74) is 0. The minimum absolute atomic E-state index is 0.0708. The molecule has 0 spiro atoms. The van der Waals surface area contributed by atoms with Crippen LogP contribution in [0.3, 0.4) is 0 Å². The number of hydrogen-bond donors (Lipinski definition) is 0. The van der Waals surface area contributed by atoms with Gasteiger partial charge in [-0.05, 0) is 51.4 Å². The maximum absolute atomic E-state index is 12.9. The Balaban J connectivity index is 4.19. The molecule has 0 N–H and O–H groups in total. The van der Waals surface area contributed by atoms with Gasteiger partial charge in [0.05, 0.1) is 0 Å². The molecular formula is C71H134O6. The quantitative estimate of drug-likeness (QED) is 0.0261. The number of esters is 3. The van der Waals surface area contributed by atoms with Crippen molar-refractivity contribution in [3.63, 3.8) is 0 Å². The van der Waals surface area contributed by atoms with Crippen molar-refractivity contribution in [3.8, 4) is 0 Å². The third-order valence-corrected chi connectivity index (χ3v) is 16.0. The summed E-state index contributed by atoms with van der Waals surface area (Å²) in [7, 11) is 0. The standard InChI is InChI=1S/C71H134O6/c1-4-7-10-13-16-19-22-25-28-30-31-32-33-34-35-36-37-38-39-40-41-44-46-49-52-55-58-61-64-70(73)76-67-68(66-75-69(72)63-60-57-54-51-48-45-42-27-24-21-18-15-12-9-6-3)77-71(74)65-62-59-56-53-50-47-43-29-26-23-20-17-14-11-8-5-2/h20,23,29,43,68H,4-19,21-22,24-28,30-42,44-67H2,1-3H3/b23-20-,43-29-. The summed E-state index contributed by atoms with van der Waals surface area (Å²) in [5, 5.41) is 0. The third-order valence-electron chi connectivity index (χ3n) is 16.0. The Morgan fingerprint density at radius 3 is 0.727 bits per heavy atom. The van der Waals surface area contributed by atoms with Crippen LogP contribution in [0.2, 0.25) is 0 Å². The molecule has 1 atom stereocenters. The van der Waals surface area contributed by atoms with Crippen molar-refractivity contribution in [2.24, 2.45) is 0 Å². The molecule has 0 aliphatic heterocycles. The Hall–Kier alpha value is -2.11. The van der Waals surface area contributed by atoms with E-state index in [2.05, 4.69) is 45.1 Å². The van der Waals surface area contributed by atoms with Crippen molar-refractivity contribution in [3.05, 3.63) is 24.3 Å². The number of unbranched alkanes of at least 4 members (excludes halogenated alkanes) is 50. The van der Waals surface area contributed by atoms with Gasteiger partial charge in [0.1, 0.15) is 13.2 Å². The van der Waals surface area contributed by atoms with Crippen molar-refractivity contribution in [1.82, 2.24) is 0 Å². The van der Waals surface area contributed by atoms with Crippen LogP contribution in [0.25, 0.3) is 0 Å². The molecule has 0 saturated heterocycles. The first kappa shape index (κ1) is 74.9. The fraction of sp³-hybridized carbons (Fsp3) is 0.901. The molecule has 6 nitrogen and oxygen atoms in total. The van der Waals surface area contributed by atoms with Crippen LogP contribution in [0, 0.1) is 0 Å². The Bertz CT molecular complexity index is 1240. The summed E-state index contributed by atoms with van der Waals surface area (Å²) in [6.45, 7) is 6.69. The van der Waals surface area contributed by atoms with Crippen LogP contribution in [0.4, 0.5) is 0 Å². The molecule has 0 aromatic heterocycles. The van der Waals surface area contributed by atoms with Gasteiger partial charge in [-0.15, -0.1) is 0 Å². The lowest BCUT2D eigenvalue weighted by Gasteiger charge is -2.18. The first-order valence-electron chi connectivity index (χ1n) is 34.8. The van der Waals surface area contributed by atoms with Crippen LogP contribution in [-0.2, 0) is 28.6 Å². The van der Waals surface area contributed by atoms with Gasteiger partial charge in [0.15, 0.2) is 6.10 Å². The van der Waals surface area contributed by atoms with Gasteiger partial charge >= 0.3 is 17.9 Å². The summed E-state index contributed by atoms with van der Waals surface area (Å²) >= 11 is 0. The fourth-order valence-corrected chi connectivity index (χ4v) is 10.7. The van der Waals surface area contributed by atoms with Crippen LogP contribution in [0.5, 0.6) is 0 Å². The topological polar surface area (TPSA) is 78.9 Å². The lowest BCUT2D eigenvalue weighted by Crippen LogP contribution is -2.30. The zero-order chi connectivity index (χ0) is 55.7. The molecule has 0 aliphatic carbocycles. The monoisotopic (exact) mass is 1080 g/mol. The summed E-state index contributed by atoms with van der Waals surface area (Å²) in [5.74, 6) is -0.854. The maximum Gasteiger partial charge on any atom is 0.306 e. The maximum atomic E-state index is 12.9. The van der Waals surface area contributed by atoms with Crippen molar-refractivity contribution >= 4 is 17.9 Å². The average Bonchev–Trinajstić information content (AvgIpc) is 3.43. The van der Waals surface area contributed by atoms with Crippen molar-refractivity contribution in [2.45, 2.75) is 399 Å². The van der Waals surface area contributed by atoms with Crippen molar-refractivity contribution < 1.29 is 28.6 Å². The van der Waals surface area contributed by atoms with E-state index < -0.39 is 6.10 Å². The molecule has 0 aliphatic rings. The lowest BCUT2D eigenvalue weighted by atomic mass is 10.0. The average molecular weight is 1080 g/mol. The molecule has 0 amide bonds. The molecule has 0 fully saturated rings. The highest BCUT2D eigenvalue weighted by Gasteiger charge is 2.19. The van der Waals surface area contributed by atoms with Crippen LogP contribution in [0.1, 0.15) is 393 Å². The molecule has 0 aromatic carbocycles. The van der Waals surface area contributed by atoms with Gasteiger partial charge in [0.25, 0.3) is 0 Å². The van der Waals surface area contributed by atoms with E-state index in [4.69, 9.17) is 14.2 Å². The summed E-state index contributed by atoms with van der Waals surface area (Å²) in [6.07, 6.45) is 80.7. The van der Waals surface area contributed by atoms with E-state index in [0.717, 1.165) is 77.0 Å². The van der Waals surface area contributed by atoms with Gasteiger partial charge in [-0.2, -0.15) is 0 Å². The largest absolute Gasteiger partial charge is 0.462 e. The summed E-state index contributed by atoms with van der Waals surface area (Å²) < 4.78 is 17.0. The van der Waals surface area contributed by atoms with Gasteiger partial charge < -0.3 is 14.2 Å². The van der Waals surface area contributed by atoms with Crippen molar-refractivity contribution in [2.75, 3.05) is 13.2 Å². The van der Waals surface area contributed by atoms with Gasteiger partial charge in [-0.25, -0.2) is 0 Å². The smallest absolute Gasteiger partial charge is 0.306 e. The molecule has 0 aromatic rings. The molecule has 0 bridgehead atoms. The number of rotatable bonds is 65. The lowest BCUT2D eigenvalue weighted by molar-refractivity contribution is -0.167. The highest BCUT2D eigenvalue weighted by Crippen LogP contribution is 2.19. The zero-order valence-electron chi connectivity index (χ0n) is 52.3. The van der Waals surface area contributed by atoms with Crippen LogP contribution >= 0.6 is 0 Å². The number of allylic oxidation sites excluding steroid dienone is 4. The number of carbonyl (C=O) groups is 3. The number of hydrogen-bond acceptors (Lipinski definition) is 6. The first-order chi connectivity index (χ1) is 38.0. The molecule has 0 rings (SSSR count). The summed E-state index contributed by atoms with van der Waals surface area (Å²) in [6, 6.07) is 0. The Kier molecular flexibility index (Phi) is 64.6. The minimum atomic E-state index is -0.775. The second-order valence-corrected chi connectivity index (χ2v) is 23.8. The van der Waals surface area contributed by atoms with Gasteiger partial charge in [-0.3, -0.25) is 14.4 Å². The second kappa shape index (κ2) is 66.4. The molecule has 77 heavy (non-hydrogen) atoms. The molecule has 0 saturated carbocycles. The zero-order valence-corrected chi connectivity index (χ0v) is 52.3. The molecule has 454 valence electrons. The third kappa shape index (κ3) is 64.6. The summed E-state index contributed by atoms with van der Waals surface area (Å²) in [4.78, 5) is 38.4. The van der Waals surface area contributed by atoms with E-state index in [1.807, 2.05) is 0 Å². The second-order valence-electron chi connectivity index (χ2n) is 23.8. The van der Waals surface area contributed by atoms with Gasteiger partial charge in [0, 0.05) is 19.3 Å². The fourth-order valence-electron chi connectivity index (χ4n) is 10.7. The Morgan fingerprint density at radius 2 is 0.468 bits per heavy atom. The molecule has 0 heterocycles. The molecule has 6 heteroatoms. The predicted octanol–water partition coefficient (Wildman–Crippen LogP) is 23.8. The van der Waals surface area contributed by atoms with E-state index in [-0.39, 0.29) is 31.1 Å². The van der Waals surface area contributed by atoms with E-state index in [9.17, 15) is 14.4 Å². The highest BCUT2D eigenvalue weighted by molar-refractivity contribution is 5.71. The van der Waals surface area contributed by atoms with Crippen LogP contribution in [0.15, 0.2) is 24.3 Å². The first-order valence-corrected chi connectivity index (χ1v) is 34.8. The van der Waals surface area contributed by atoms with Crippen molar-refractivity contribution in [1.29, 1.82) is 0 Å². The highest BCUT2D eigenvalue weighted by atomic mass is 16.6. The minimum Gasteiger partial charge on any atom is -0.462 e. The normalized spacial score (nSPS) is 12.1. The predicted molar refractivity (Wildman–Crippen MR) is 335 cm³/mol. The van der Waals surface area contributed by atoms with Crippen LogP contribution < -0.4 is 0 Å². The molecule has 1 unspecified atom stereocenters. The Labute approximate surface area is 481 Å². The number of carbonyl (C=O) groups excluding carboxylic acids is 3. The van der Waals surface area contributed by atoms with Gasteiger partial charge in [0.2, 0.25) is 0 Å². The van der Waals surface area contributed by atoms with Gasteiger partial charge in [-0.1, -0.05) is 347 Å². The van der Waals surface area contributed by atoms with E-state index >= 15 is 0 Å². The van der Waals surface area contributed by atoms with E-state index in [1.165, 1.54) is 276 Å². The molecular weight excluding hydrogens is 949 g/mol. The Morgan fingerprint density at radius 1 is 0.260 bits per heavy atom. The number of ether oxygens (including phenoxy) is 3.